The van der Waals surface area contributed by atoms with E-state index in [-0.39, 0.29) is 0 Å². The third-order valence-electron chi connectivity index (χ3n) is 3.78. The van der Waals surface area contributed by atoms with Gasteiger partial charge in [-0.3, -0.25) is 4.90 Å². The van der Waals surface area contributed by atoms with Gasteiger partial charge in [-0.1, -0.05) is 0 Å². The SMILES string of the molecule is Cc1[nH]cnc1CN(Cc1ccsc1)C[C@H]1CCCO1. The molecule has 3 heterocycles. The largest absolute Gasteiger partial charge is 0.377 e. The zero-order valence-electron chi connectivity index (χ0n) is 11.8. The van der Waals surface area contributed by atoms with E-state index in [1.54, 1.807) is 17.7 Å². The summed E-state index contributed by atoms with van der Waals surface area (Å²) in [6, 6.07) is 2.20. The Labute approximate surface area is 123 Å². The van der Waals surface area contributed by atoms with Crippen molar-refractivity contribution in [2.45, 2.75) is 39.0 Å². The number of nitrogens with zero attached hydrogens (tertiary/aromatic N) is 2. The number of hydrogen-bond acceptors (Lipinski definition) is 4. The van der Waals surface area contributed by atoms with Crippen LogP contribution in [0.15, 0.2) is 23.2 Å². The number of ether oxygens (including phenoxy) is 1. The summed E-state index contributed by atoms with van der Waals surface area (Å²) >= 11 is 1.76. The minimum atomic E-state index is 0.382. The molecule has 5 heteroatoms. The summed E-state index contributed by atoms with van der Waals surface area (Å²) in [7, 11) is 0. The first kappa shape index (κ1) is 13.8. The molecule has 108 valence electrons. The minimum absolute atomic E-state index is 0.382. The summed E-state index contributed by atoms with van der Waals surface area (Å²) < 4.78 is 5.78. The van der Waals surface area contributed by atoms with Gasteiger partial charge in [-0.25, -0.2) is 4.98 Å². The molecule has 1 fully saturated rings. The summed E-state index contributed by atoms with van der Waals surface area (Å²) in [5, 5.41) is 4.36. The molecule has 0 unspecified atom stereocenters. The van der Waals surface area contributed by atoms with Gasteiger partial charge in [0.1, 0.15) is 0 Å². The van der Waals surface area contributed by atoms with Crippen molar-refractivity contribution in [3.8, 4) is 0 Å². The Hall–Kier alpha value is -1.17. The van der Waals surface area contributed by atoms with Gasteiger partial charge in [-0.05, 0) is 42.2 Å². The fraction of sp³-hybridized carbons (Fsp3) is 0.533. The molecular weight excluding hydrogens is 270 g/mol. The second-order valence-electron chi connectivity index (χ2n) is 5.41. The molecular formula is C15H21N3OS. The molecule has 1 saturated heterocycles. The van der Waals surface area contributed by atoms with Gasteiger partial charge in [0.25, 0.3) is 0 Å². The van der Waals surface area contributed by atoms with Crippen LogP contribution in [-0.2, 0) is 17.8 Å². The lowest BCUT2D eigenvalue weighted by molar-refractivity contribution is 0.0675. The van der Waals surface area contributed by atoms with Crippen molar-refractivity contribution < 1.29 is 4.74 Å². The van der Waals surface area contributed by atoms with E-state index in [1.807, 2.05) is 0 Å². The lowest BCUT2D eigenvalue weighted by Gasteiger charge is -2.24. The number of rotatable bonds is 6. The third-order valence-corrected chi connectivity index (χ3v) is 4.51. The number of aryl methyl sites for hydroxylation is 1. The monoisotopic (exact) mass is 291 g/mol. The Kier molecular flexibility index (Phi) is 4.50. The van der Waals surface area contributed by atoms with Crippen molar-refractivity contribution in [3.63, 3.8) is 0 Å². The van der Waals surface area contributed by atoms with Crippen LogP contribution in [0.3, 0.4) is 0 Å². The Morgan fingerprint density at radius 2 is 2.45 bits per heavy atom. The van der Waals surface area contributed by atoms with Crippen molar-refractivity contribution in [3.05, 3.63) is 40.1 Å². The number of nitrogens with one attached hydrogen (secondary N) is 1. The van der Waals surface area contributed by atoms with Gasteiger partial charge in [0.15, 0.2) is 0 Å². The fourth-order valence-corrected chi connectivity index (χ4v) is 3.32. The standard InChI is InChI=1S/C15H21N3OS/c1-12-15(17-11-16-12)9-18(7-13-4-6-20-10-13)8-14-3-2-5-19-14/h4,6,10-11,14H,2-3,5,7-9H2,1H3,(H,16,17)/t14-/m1/s1. The summed E-state index contributed by atoms with van der Waals surface area (Å²) in [6.45, 7) is 5.83. The molecule has 0 aromatic carbocycles. The first-order valence-electron chi connectivity index (χ1n) is 7.15. The predicted octanol–water partition coefficient (Wildman–Crippen LogP) is 2.96. The number of aromatic nitrogens is 2. The van der Waals surface area contributed by atoms with Gasteiger partial charge in [0.2, 0.25) is 0 Å². The van der Waals surface area contributed by atoms with E-state index < -0.39 is 0 Å². The van der Waals surface area contributed by atoms with Crippen molar-refractivity contribution in [2.75, 3.05) is 13.2 Å². The van der Waals surface area contributed by atoms with Gasteiger partial charge in [-0.15, -0.1) is 0 Å². The zero-order chi connectivity index (χ0) is 13.8. The highest BCUT2D eigenvalue weighted by Crippen LogP contribution is 2.18. The molecule has 20 heavy (non-hydrogen) atoms. The second-order valence-corrected chi connectivity index (χ2v) is 6.19. The molecule has 0 saturated carbocycles. The van der Waals surface area contributed by atoms with Crippen LogP contribution in [0.25, 0.3) is 0 Å². The maximum absolute atomic E-state index is 5.78. The zero-order valence-corrected chi connectivity index (χ0v) is 12.7. The second kappa shape index (κ2) is 6.52. The summed E-state index contributed by atoms with van der Waals surface area (Å²) in [6.07, 6.45) is 4.53. The van der Waals surface area contributed by atoms with Crippen molar-refractivity contribution in [1.29, 1.82) is 0 Å². The number of thiophene rings is 1. The molecule has 3 rings (SSSR count). The van der Waals surface area contributed by atoms with Crippen LogP contribution in [0.4, 0.5) is 0 Å². The molecule has 0 amide bonds. The highest BCUT2D eigenvalue weighted by Gasteiger charge is 2.20. The Bertz CT molecular complexity index is 517. The molecule has 2 aromatic rings. The van der Waals surface area contributed by atoms with E-state index in [1.165, 1.54) is 18.4 Å². The highest BCUT2D eigenvalue weighted by atomic mass is 32.1. The van der Waals surface area contributed by atoms with Crippen molar-refractivity contribution in [1.82, 2.24) is 14.9 Å². The summed E-state index contributed by atoms with van der Waals surface area (Å²) in [4.78, 5) is 10.0. The molecule has 0 aliphatic carbocycles. The molecule has 1 aliphatic heterocycles. The van der Waals surface area contributed by atoms with E-state index in [4.69, 9.17) is 4.74 Å². The van der Waals surface area contributed by atoms with E-state index in [0.29, 0.717) is 6.10 Å². The van der Waals surface area contributed by atoms with Gasteiger partial charge >= 0.3 is 0 Å². The Morgan fingerprint density at radius 3 is 3.10 bits per heavy atom. The van der Waals surface area contributed by atoms with E-state index >= 15 is 0 Å². The predicted molar refractivity (Wildman–Crippen MR) is 80.7 cm³/mol. The molecule has 2 aromatic heterocycles. The number of aromatic amines is 1. The molecule has 0 bridgehead atoms. The topological polar surface area (TPSA) is 41.2 Å². The van der Waals surface area contributed by atoms with Gasteiger partial charge in [-0.2, -0.15) is 11.3 Å². The molecule has 0 spiro atoms. The van der Waals surface area contributed by atoms with E-state index in [2.05, 4.69) is 38.6 Å². The number of imidazole rings is 1. The minimum Gasteiger partial charge on any atom is -0.377 e. The first-order chi connectivity index (χ1) is 9.81. The van der Waals surface area contributed by atoms with E-state index in [0.717, 1.165) is 37.6 Å². The van der Waals surface area contributed by atoms with Gasteiger partial charge in [0.05, 0.1) is 18.1 Å². The number of H-pyrrole nitrogens is 1. The lowest BCUT2D eigenvalue weighted by Crippen LogP contribution is -2.31. The van der Waals surface area contributed by atoms with Crippen molar-refractivity contribution in [2.24, 2.45) is 0 Å². The molecule has 1 N–H and O–H groups in total. The average Bonchev–Trinajstić information content (AvgIpc) is 3.15. The van der Waals surface area contributed by atoms with E-state index in [9.17, 15) is 0 Å². The molecule has 1 aliphatic rings. The lowest BCUT2D eigenvalue weighted by atomic mass is 10.2. The maximum atomic E-state index is 5.78. The number of hydrogen-bond donors (Lipinski definition) is 1. The average molecular weight is 291 g/mol. The fourth-order valence-electron chi connectivity index (χ4n) is 2.66. The Morgan fingerprint density at radius 1 is 1.50 bits per heavy atom. The maximum Gasteiger partial charge on any atom is 0.0925 e. The molecule has 0 radical (unpaired) electrons. The molecule has 1 atom stereocenters. The van der Waals surface area contributed by atoms with Crippen molar-refractivity contribution >= 4 is 11.3 Å². The van der Waals surface area contributed by atoms with Crippen LogP contribution >= 0.6 is 11.3 Å². The van der Waals surface area contributed by atoms with Crippen LogP contribution in [0.1, 0.15) is 29.8 Å². The van der Waals surface area contributed by atoms with Crippen LogP contribution < -0.4 is 0 Å². The van der Waals surface area contributed by atoms with Crippen LogP contribution in [0.5, 0.6) is 0 Å². The smallest absolute Gasteiger partial charge is 0.0925 e. The summed E-state index contributed by atoms with van der Waals surface area (Å²) in [5.41, 5.74) is 3.67. The van der Waals surface area contributed by atoms with Gasteiger partial charge < -0.3 is 9.72 Å². The van der Waals surface area contributed by atoms with Gasteiger partial charge in [0, 0.05) is 31.9 Å². The van der Waals surface area contributed by atoms with Crippen LogP contribution in [0.2, 0.25) is 0 Å². The third kappa shape index (κ3) is 3.48. The Balaban J connectivity index is 1.67. The first-order valence-corrected chi connectivity index (χ1v) is 8.09. The van der Waals surface area contributed by atoms with Crippen LogP contribution in [-0.4, -0.2) is 34.1 Å². The van der Waals surface area contributed by atoms with Crippen LogP contribution in [0, 0.1) is 6.92 Å². The normalized spacial score (nSPS) is 19.0. The highest BCUT2D eigenvalue weighted by molar-refractivity contribution is 7.07. The molecule has 4 nitrogen and oxygen atoms in total. The quantitative estimate of drug-likeness (QED) is 0.889. The summed E-state index contributed by atoms with van der Waals surface area (Å²) in [5.74, 6) is 0.